The van der Waals surface area contributed by atoms with Gasteiger partial charge < -0.3 is 14.8 Å². The largest absolute Gasteiger partial charge is 0.486 e. The molecule has 0 spiro atoms. The number of alkyl halides is 3. The Morgan fingerprint density at radius 1 is 1.15 bits per heavy atom. The Balaban J connectivity index is 1.53. The predicted octanol–water partition coefficient (Wildman–Crippen LogP) is 3.67. The van der Waals surface area contributed by atoms with Crippen molar-refractivity contribution in [2.45, 2.75) is 12.3 Å². The number of halogens is 3. The number of hydrogen-bond acceptors (Lipinski definition) is 3. The van der Waals surface area contributed by atoms with Gasteiger partial charge in [0.2, 0.25) is 5.91 Å². The predicted molar refractivity (Wildman–Crippen MR) is 89.8 cm³/mol. The van der Waals surface area contributed by atoms with Crippen molar-refractivity contribution in [1.82, 2.24) is 5.32 Å². The molecule has 0 aromatic heterocycles. The molecule has 2 aromatic carbocycles. The summed E-state index contributed by atoms with van der Waals surface area (Å²) in [6.45, 7) is 0.523. The number of para-hydroxylation sites is 2. The zero-order chi connectivity index (χ0) is 18.6. The van der Waals surface area contributed by atoms with Crippen LogP contribution in [0, 0.1) is 0 Å². The molecule has 0 bridgehead atoms. The summed E-state index contributed by atoms with van der Waals surface area (Å²) >= 11 is 0. The van der Waals surface area contributed by atoms with E-state index in [1.54, 1.807) is 12.1 Å². The van der Waals surface area contributed by atoms with Crippen molar-refractivity contribution in [3.8, 4) is 11.5 Å². The third kappa shape index (κ3) is 4.56. The standard InChI is InChI=1S/C19H16F3NO3/c20-19(21,22)14-5-3-4-13(10-14)8-9-18(24)23-11-15-12-25-16-6-1-2-7-17(16)26-15/h1-10,15H,11-12H2,(H,23,24)/b9-8+/t15-/m0/s1. The van der Waals surface area contributed by atoms with Crippen LogP contribution in [-0.2, 0) is 11.0 Å². The molecular weight excluding hydrogens is 347 g/mol. The SMILES string of the molecule is O=C(/C=C/c1cccc(C(F)(F)F)c1)NC[C@H]1COc2ccccc2O1. The maximum Gasteiger partial charge on any atom is 0.416 e. The number of benzene rings is 2. The highest BCUT2D eigenvalue weighted by atomic mass is 19.4. The van der Waals surface area contributed by atoms with Crippen molar-refractivity contribution in [1.29, 1.82) is 0 Å². The first-order valence-electron chi connectivity index (χ1n) is 7.93. The third-order valence-electron chi connectivity index (χ3n) is 3.71. The fourth-order valence-electron chi connectivity index (χ4n) is 2.43. The van der Waals surface area contributed by atoms with Crippen LogP contribution in [0.2, 0.25) is 0 Å². The number of carbonyl (C=O) groups is 1. The molecular formula is C19H16F3NO3. The fraction of sp³-hybridized carbons (Fsp3) is 0.211. The van der Waals surface area contributed by atoms with E-state index < -0.39 is 17.6 Å². The van der Waals surface area contributed by atoms with Gasteiger partial charge in [0, 0.05) is 6.08 Å². The Kier molecular flexibility index (Phi) is 5.16. The molecule has 1 aliphatic heterocycles. The molecule has 0 saturated carbocycles. The molecule has 0 fully saturated rings. The zero-order valence-electron chi connectivity index (χ0n) is 13.6. The molecule has 2 aromatic rings. The van der Waals surface area contributed by atoms with Crippen molar-refractivity contribution in [3.63, 3.8) is 0 Å². The highest BCUT2D eigenvalue weighted by Gasteiger charge is 2.30. The van der Waals surface area contributed by atoms with Gasteiger partial charge in [-0.25, -0.2) is 0 Å². The summed E-state index contributed by atoms with van der Waals surface area (Å²) in [5.41, 5.74) is -0.465. The molecule has 1 atom stereocenters. The van der Waals surface area contributed by atoms with Crippen LogP contribution in [-0.4, -0.2) is 25.2 Å². The maximum absolute atomic E-state index is 12.7. The van der Waals surface area contributed by atoms with E-state index in [1.807, 2.05) is 12.1 Å². The van der Waals surface area contributed by atoms with Crippen LogP contribution in [0.25, 0.3) is 6.08 Å². The van der Waals surface area contributed by atoms with Gasteiger partial charge in [-0.05, 0) is 35.9 Å². The highest BCUT2D eigenvalue weighted by Crippen LogP contribution is 2.31. The van der Waals surface area contributed by atoms with Crippen molar-refractivity contribution < 1.29 is 27.4 Å². The minimum atomic E-state index is -4.42. The van der Waals surface area contributed by atoms with E-state index in [2.05, 4.69) is 5.32 Å². The molecule has 26 heavy (non-hydrogen) atoms. The Morgan fingerprint density at radius 3 is 2.69 bits per heavy atom. The molecule has 1 heterocycles. The number of carbonyl (C=O) groups excluding carboxylic acids is 1. The summed E-state index contributed by atoms with van der Waals surface area (Å²) in [6, 6.07) is 12.0. The van der Waals surface area contributed by atoms with E-state index in [4.69, 9.17) is 9.47 Å². The monoisotopic (exact) mass is 363 g/mol. The first kappa shape index (κ1) is 17.8. The lowest BCUT2D eigenvalue weighted by molar-refractivity contribution is -0.137. The highest BCUT2D eigenvalue weighted by molar-refractivity contribution is 5.91. The van der Waals surface area contributed by atoms with Gasteiger partial charge >= 0.3 is 6.18 Å². The second-order valence-corrected chi connectivity index (χ2v) is 5.70. The van der Waals surface area contributed by atoms with Crippen molar-refractivity contribution in [3.05, 3.63) is 65.7 Å². The lowest BCUT2D eigenvalue weighted by Gasteiger charge is -2.26. The van der Waals surface area contributed by atoms with Crippen LogP contribution in [0.15, 0.2) is 54.6 Å². The van der Waals surface area contributed by atoms with Crippen LogP contribution in [0.3, 0.4) is 0 Å². The topological polar surface area (TPSA) is 47.6 Å². The van der Waals surface area contributed by atoms with E-state index in [-0.39, 0.29) is 12.6 Å². The van der Waals surface area contributed by atoms with E-state index in [1.165, 1.54) is 24.3 Å². The molecule has 4 nitrogen and oxygen atoms in total. The number of nitrogens with one attached hydrogen (secondary N) is 1. The van der Waals surface area contributed by atoms with Gasteiger partial charge in [-0.3, -0.25) is 4.79 Å². The minimum absolute atomic E-state index is 0.222. The molecule has 0 saturated heterocycles. The number of rotatable bonds is 4. The quantitative estimate of drug-likeness (QED) is 0.843. The third-order valence-corrected chi connectivity index (χ3v) is 3.71. The molecule has 0 unspecified atom stereocenters. The lowest BCUT2D eigenvalue weighted by Crippen LogP contribution is -2.40. The summed E-state index contributed by atoms with van der Waals surface area (Å²) in [4.78, 5) is 11.9. The first-order chi connectivity index (χ1) is 12.4. The second kappa shape index (κ2) is 7.51. The molecule has 0 aliphatic carbocycles. The van der Waals surface area contributed by atoms with Gasteiger partial charge in [0.25, 0.3) is 0 Å². The lowest BCUT2D eigenvalue weighted by atomic mass is 10.1. The van der Waals surface area contributed by atoms with E-state index in [9.17, 15) is 18.0 Å². The molecule has 1 N–H and O–H groups in total. The van der Waals surface area contributed by atoms with Gasteiger partial charge in [-0.1, -0.05) is 24.3 Å². The van der Waals surface area contributed by atoms with Gasteiger partial charge in [0.15, 0.2) is 11.5 Å². The molecule has 7 heteroatoms. The number of amides is 1. The fourth-order valence-corrected chi connectivity index (χ4v) is 2.43. The Morgan fingerprint density at radius 2 is 1.92 bits per heavy atom. The van der Waals surface area contributed by atoms with Crippen LogP contribution >= 0.6 is 0 Å². The van der Waals surface area contributed by atoms with E-state index >= 15 is 0 Å². The summed E-state index contributed by atoms with van der Waals surface area (Å²) in [6.07, 6.45) is -2.23. The summed E-state index contributed by atoms with van der Waals surface area (Å²) < 4.78 is 49.3. The van der Waals surface area contributed by atoms with E-state index in [0.717, 1.165) is 12.1 Å². The van der Waals surface area contributed by atoms with Crippen molar-refractivity contribution in [2.75, 3.05) is 13.2 Å². The van der Waals surface area contributed by atoms with Crippen LogP contribution in [0.4, 0.5) is 13.2 Å². The summed E-state index contributed by atoms with van der Waals surface area (Å²) in [5, 5.41) is 2.65. The van der Waals surface area contributed by atoms with Gasteiger partial charge in [-0.15, -0.1) is 0 Å². The maximum atomic E-state index is 12.7. The molecule has 136 valence electrons. The number of hydrogen-bond donors (Lipinski definition) is 1. The molecule has 3 rings (SSSR count). The van der Waals surface area contributed by atoms with Crippen LogP contribution in [0.5, 0.6) is 11.5 Å². The minimum Gasteiger partial charge on any atom is -0.486 e. The molecule has 1 aliphatic rings. The molecule has 0 radical (unpaired) electrons. The zero-order valence-corrected chi connectivity index (χ0v) is 13.6. The Bertz CT molecular complexity index is 818. The summed E-state index contributed by atoms with van der Waals surface area (Å²) in [7, 11) is 0. The van der Waals surface area contributed by atoms with Gasteiger partial charge in [0.05, 0.1) is 12.1 Å². The van der Waals surface area contributed by atoms with Crippen molar-refractivity contribution >= 4 is 12.0 Å². The molecule has 1 amide bonds. The Labute approximate surface area is 148 Å². The average molecular weight is 363 g/mol. The normalized spacial score (nSPS) is 16.5. The van der Waals surface area contributed by atoms with Crippen LogP contribution in [0.1, 0.15) is 11.1 Å². The average Bonchev–Trinajstić information content (AvgIpc) is 2.64. The Hall–Kier alpha value is -2.96. The van der Waals surface area contributed by atoms with Gasteiger partial charge in [-0.2, -0.15) is 13.2 Å². The number of ether oxygens (including phenoxy) is 2. The van der Waals surface area contributed by atoms with Crippen molar-refractivity contribution in [2.24, 2.45) is 0 Å². The van der Waals surface area contributed by atoms with E-state index in [0.29, 0.717) is 23.7 Å². The number of fused-ring (bicyclic) bond motifs is 1. The van der Waals surface area contributed by atoms with Crippen LogP contribution < -0.4 is 14.8 Å². The summed E-state index contributed by atoms with van der Waals surface area (Å²) in [5.74, 6) is 0.835. The smallest absolute Gasteiger partial charge is 0.416 e. The van der Waals surface area contributed by atoms with Gasteiger partial charge in [0.1, 0.15) is 12.7 Å². The first-order valence-corrected chi connectivity index (χ1v) is 7.93. The second-order valence-electron chi connectivity index (χ2n) is 5.70.